The van der Waals surface area contributed by atoms with Crippen LogP contribution in [0.2, 0.25) is 0 Å². The Morgan fingerprint density at radius 1 is 0.548 bits per heavy atom. The van der Waals surface area contributed by atoms with E-state index in [1.807, 2.05) is 0 Å². The summed E-state index contributed by atoms with van der Waals surface area (Å²) in [5, 5.41) is 0. The van der Waals surface area contributed by atoms with Crippen LogP contribution in [0.4, 0.5) is 0 Å². The van der Waals surface area contributed by atoms with Crippen molar-refractivity contribution in [2.24, 2.45) is 0 Å². The van der Waals surface area contributed by atoms with Crippen LogP contribution in [0.15, 0.2) is 12.4 Å². The third-order valence-corrected chi connectivity index (χ3v) is 7.09. The van der Waals surface area contributed by atoms with Gasteiger partial charge in [-0.25, -0.2) is 0 Å². The molecular formula is C29H58N2. The number of rotatable bonds is 22. The zero-order valence-corrected chi connectivity index (χ0v) is 22.1. The van der Waals surface area contributed by atoms with E-state index in [1.54, 1.807) is 0 Å². The molecule has 0 aromatic carbocycles. The highest BCUT2D eigenvalue weighted by molar-refractivity contribution is 4.98. The highest BCUT2D eigenvalue weighted by atomic mass is 15.4. The van der Waals surface area contributed by atoms with Crippen LogP contribution in [-0.2, 0) is 0 Å². The number of hydrogen-bond acceptors (Lipinski definition) is 2. The Bertz CT molecular complexity index is 404. The third-order valence-electron chi connectivity index (χ3n) is 7.09. The number of hydrogen-bond donors (Lipinski definition) is 0. The first-order valence-electron chi connectivity index (χ1n) is 14.4. The second-order valence-electron chi connectivity index (χ2n) is 10.4. The van der Waals surface area contributed by atoms with Crippen LogP contribution < -0.4 is 0 Å². The van der Waals surface area contributed by atoms with Gasteiger partial charge in [0.1, 0.15) is 6.17 Å². The number of unbranched alkanes of at least 4 members (excludes halogenated alkanes) is 17. The van der Waals surface area contributed by atoms with Gasteiger partial charge in [0.15, 0.2) is 0 Å². The standard InChI is InChI=1S/C29H58N2/c1-5-7-9-11-13-15-16-18-20-22-24-29-30(26-27-31(29)28(3)4)25-23-21-19-17-14-12-10-8-6-2/h26-29H,5-25H2,1-4H3. The second kappa shape index (κ2) is 20.0. The van der Waals surface area contributed by atoms with E-state index >= 15 is 0 Å². The van der Waals surface area contributed by atoms with Crippen LogP contribution in [0.25, 0.3) is 0 Å². The molecule has 184 valence electrons. The van der Waals surface area contributed by atoms with E-state index in [0.29, 0.717) is 12.2 Å². The van der Waals surface area contributed by atoms with Crippen LogP contribution in [0, 0.1) is 0 Å². The zero-order chi connectivity index (χ0) is 22.6. The average Bonchev–Trinajstić information content (AvgIpc) is 3.17. The molecule has 0 fully saturated rings. The Morgan fingerprint density at radius 3 is 1.42 bits per heavy atom. The lowest BCUT2D eigenvalue weighted by atomic mass is 10.0. The lowest BCUT2D eigenvalue weighted by Crippen LogP contribution is -2.42. The second-order valence-corrected chi connectivity index (χ2v) is 10.4. The van der Waals surface area contributed by atoms with Gasteiger partial charge < -0.3 is 9.80 Å². The van der Waals surface area contributed by atoms with Crippen LogP contribution >= 0.6 is 0 Å². The zero-order valence-electron chi connectivity index (χ0n) is 22.1. The predicted molar refractivity (Wildman–Crippen MR) is 140 cm³/mol. The fourth-order valence-electron chi connectivity index (χ4n) is 5.01. The van der Waals surface area contributed by atoms with Crippen molar-refractivity contribution in [1.29, 1.82) is 0 Å². The molecular weight excluding hydrogens is 376 g/mol. The van der Waals surface area contributed by atoms with Crippen molar-refractivity contribution >= 4 is 0 Å². The lowest BCUT2D eigenvalue weighted by Gasteiger charge is -2.35. The molecule has 0 bridgehead atoms. The van der Waals surface area contributed by atoms with Gasteiger partial charge in [-0.05, 0) is 33.1 Å². The topological polar surface area (TPSA) is 6.48 Å². The maximum absolute atomic E-state index is 2.65. The molecule has 0 saturated heterocycles. The van der Waals surface area contributed by atoms with Crippen molar-refractivity contribution in [3.63, 3.8) is 0 Å². The molecule has 0 saturated carbocycles. The highest BCUT2D eigenvalue weighted by Gasteiger charge is 2.26. The molecule has 1 heterocycles. The Balaban J connectivity index is 2.12. The molecule has 2 nitrogen and oxygen atoms in total. The summed E-state index contributed by atoms with van der Waals surface area (Å²) in [6.07, 6.45) is 33.8. The van der Waals surface area contributed by atoms with Crippen molar-refractivity contribution in [3.8, 4) is 0 Å². The summed E-state index contributed by atoms with van der Waals surface area (Å²) in [4.78, 5) is 5.25. The summed E-state index contributed by atoms with van der Waals surface area (Å²) >= 11 is 0. The minimum Gasteiger partial charge on any atom is -0.356 e. The summed E-state index contributed by atoms with van der Waals surface area (Å²) in [5.41, 5.74) is 0. The van der Waals surface area contributed by atoms with Gasteiger partial charge in [0.2, 0.25) is 0 Å². The Labute approximate surface area is 197 Å². The normalized spacial score (nSPS) is 16.2. The molecule has 1 atom stereocenters. The van der Waals surface area contributed by atoms with Crippen molar-refractivity contribution in [2.45, 2.75) is 168 Å². The van der Waals surface area contributed by atoms with Gasteiger partial charge in [0.05, 0.1) is 0 Å². The summed E-state index contributed by atoms with van der Waals surface area (Å²) in [6, 6.07) is 0.609. The third kappa shape index (κ3) is 14.2. The fraction of sp³-hybridized carbons (Fsp3) is 0.931. The first-order valence-corrected chi connectivity index (χ1v) is 14.4. The first kappa shape index (κ1) is 28.4. The van der Waals surface area contributed by atoms with E-state index in [4.69, 9.17) is 0 Å². The van der Waals surface area contributed by atoms with Crippen LogP contribution in [-0.4, -0.2) is 28.6 Å². The highest BCUT2D eigenvalue weighted by Crippen LogP contribution is 2.25. The summed E-state index contributed by atoms with van der Waals surface area (Å²) in [7, 11) is 0. The SMILES string of the molecule is CCCCCCCCCCCCC1N(CCCCCCCCCCC)C=CN1C(C)C. The Kier molecular flexibility index (Phi) is 18.3. The number of nitrogens with zero attached hydrogens (tertiary/aromatic N) is 2. The Morgan fingerprint density at radius 2 is 0.968 bits per heavy atom. The van der Waals surface area contributed by atoms with E-state index in [2.05, 4.69) is 49.9 Å². The molecule has 31 heavy (non-hydrogen) atoms. The van der Waals surface area contributed by atoms with Crippen LogP contribution in [0.1, 0.15) is 156 Å². The van der Waals surface area contributed by atoms with Gasteiger partial charge in [-0.3, -0.25) is 0 Å². The molecule has 0 amide bonds. The largest absolute Gasteiger partial charge is 0.356 e. The van der Waals surface area contributed by atoms with E-state index in [1.165, 1.54) is 135 Å². The van der Waals surface area contributed by atoms with E-state index < -0.39 is 0 Å². The summed E-state index contributed by atoms with van der Waals surface area (Å²) < 4.78 is 0. The van der Waals surface area contributed by atoms with Gasteiger partial charge in [-0.2, -0.15) is 0 Å². The van der Waals surface area contributed by atoms with Gasteiger partial charge in [-0.1, -0.05) is 123 Å². The molecule has 1 aliphatic rings. The quantitative estimate of drug-likeness (QED) is 0.156. The van der Waals surface area contributed by atoms with Crippen LogP contribution in [0.3, 0.4) is 0 Å². The van der Waals surface area contributed by atoms with Gasteiger partial charge in [-0.15, -0.1) is 0 Å². The maximum Gasteiger partial charge on any atom is 0.101 e. The van der Waals surface area contributed by atoms with E-state index in [-0.39, 0.29) is 0 Å². The minimum absolute atomic E-state index is 0.609. The van der Waals surface area contributed by atoms with E-state index in [0.717, 1.165) is 0 Å². The molecule has 1 rings (SSSR count). The first-order chi connectivity index (χ1) is 15.2. The minimum atomic E-state index is 0.609. The van der Waals surface area contributed by atoms with Gasteiger partial charge in [0.25, 0.3) is 0 Å². The van der Waals surface area contributed by atoms with Crippen molar-refractivity contribution in [2.75, 3.05) is 6.54 Å². The molecule has 1 unspecified atom stereocenters. The molecule has 0 N–H and O–H groups in total. The monoisotopic (exact) mass is 434 g/mol. The lowest BCUT2D eigenvalue weighted by molar-refractivity contribution is 0.114. The van der Waals surface area contributed by atoms with E-state index in [9.17, 15) is 0 Å². The smallest absolute Gasteiger partial charge is 0.101 e. The fourth-order valence-corrected chi connectivity index (χ4v) is 5.01. The van der Waals surface area contributed by atoms with Gasteiger partial charge in [0, 0.05) is 25.0 Å². The molecule has 0 aromatic heterocycles. The predicted octanol–water partition coefficient (Wildman–Crippen LogP) is 9.65. The average molecular weight is 435 g/mol. The molecule has 0 aromatic rings. The van der Waals surface area contributed by atoms with Crippen molar-refractivity contribution in [3.05, 3.63) is 12.4 Å². The van der Waals surface area contributed by atoms with Gasteiger partial charge >= 0.3 is 0 Å². The summed E-state index contributed by atoms with van der Waals surface area (Å²) in [5.74, 6) is 0. The Hall–Kier alpha value is -0.660. The molecule has 2 heteroatoms. The van der Waals surface area contributed by atoms with Crippen molar-refractivity contribution < 1.29 is 0 Å². The molecule has 0 spiro atoms. The molecule has 1 aliphatic heterocycles. The maximum atomic E-state index is 2.65. The molecule has 0 radical (unpaired) electrons. The molecule has 0 aliphatic carbocycles. The van der Waals surface area contributed by atoms with Crippen molar-refractivity contribution in [1.82, 2.24) is 9.80 Å². The summed E-state index contributed by atoms with van der Waals surface area (Å²) in [6.45, 7) is 10.5. The van der Waals surface area contributed by atoms with Crippen LogP contribution in [0.5, 0.6) is 0 Å².